The van der Waals surface area contributed by atoms with Crippen LogP contribution in [-0.2, 0) is 0 Å². The van der Waals surface area contributed by atoms with Crippen molar-refractivity contribution in [1.29, 1.82) is 0 Å². The van der Waals surface area contributed by atoms with Crippen LogP contribution in [0.3, 0.4) is 0 Å². The molecule has 0 saturated carbocycles. The van der Waals surface area contributed by atoms with Gasteiger partial charge in [-0.3, -0.25) is 0 Å². The van der Waals surface area contributed by atoms with Crippen molar-refractivity contribution in [2.75, 3.05) is 7.11 Å². The van der Waals surface area contributed by atoms with Crippen molar-refractivity contribution < 1.29 is 22.6 Å². The van der Waals surface area contributed by atoms with Gasteiger partial charge in [0.2, 0.25) is 5.88 Å². The van der Waals surface area contributed by atoms with Gasteiger partial charge >= 0.3 is 6.36 Å². The first kappa shape index (κ1) is 12.4. The molecule has 18 heavy (non-hydrogen) atoms. The summed E-state index contributed by atoms with van der Waals surface area (Å²) in [6.45, 7) is 1.66. The first-order valence-electron chi connectivity index (χ1n) is 4.97. The molecule has 1 aromatic heterocycles. The first-order valence-corrected chi connectivity index (χ1v) is 4.97. The Morgan fingerprint density at radius 1 is 1.11 bits per heavy atom. The van der Waals surface area contributed by atoms with Crippen LogP contribution in [0.2, 0.25) is 0 Å². The van der Waals surface area contributed by atoms with Crippen molar-refractivity contribution in [2.45, 2.75) is 13.3 Å². The Kier molecular flexibility index (Phi) is 2.98. The van der Waals surface area contributed by atoms with Gasteiger partial charge in [-0.25, -0.2) is 9.97 Å². The fourth-order valence-electron chi connectivity index (χ4n) is 1.50. The van der Waals surface area contributed by atoms with E-state index < -0.39 is 6.36 Å². The number of alkyl halides is 3. The molecule has 0 unspecified atom stereocenters. The molecule has 0 bridgehead atoms. The highest BCUT2D eigenvalue weighted by Crippen LogP contribution is 2.26. The summed E-state index contributed by atoms with van der Waals surface area (Å²) in [6.07, 6.45) is -4.72. The molecule has 0 saturated heterocycles. The van der Waals surface area contributed by atoms with Crippen LogP contribution in [0.1, 0.15) is 5.69 Å². The van der Waals surface area contributed by atoms with Crippen LogP contribution in [0.15, 0.2) is 18.2 Å². The predicted molar refractivity (Wildman–Crippen MR) is 57.5 cm³/mol. The monoisotopic (exact) mass is 258 g/mol. The minimum atomic E-state index is -4.72. The number of aryl methyl sites for hydroxylation is 1. The lowest BCUT2D eigenvalue weighted by Crippen LogP contribution is -2.17. The molecule has 0 aliphatic rings. The van der Waals surface area contributed by atoms with E-state index in [9.17, 15) is 13.2 Å². The van der Waals surface area contributed by atoms with E-state index in [2.05, 4.69) is 14.7 Å². The van der Waals surface area contributed by atoms with Crippen molar-refractivity contribution in [3.8, 4) is 11.6 Å². The van der Waals surface area contributed by atoms with Crippen molar-refractivity contribution in [3.63, 3.8) is 0 Å². The normalized spacial score (nSPS) is 11.6. The average Bonchev–Trinajstić information content (AvgIpc) is 2.25. The van der Waals surface area contributed by atoms with Crippen molar-refractivity contribution in [2.24, 2.45) is 0 Å². The third-order valence-corrected chi connectivity index (χ3v) is 2.19. The summed E-state index contributed by atoms with van der Waals surface area (Å²) in [7, 11) is 1.45. The summed E-state index contributed by atoms with van der Waals surface area (Å²) in [5.74, 6) is 0.0147. The summed E-state index contributed by atoms with van der Waals surface area (Å²) in [6, 6.07) is 3.76. The molecule has 7 heteroatoms. The molecule has 0 aliphatic carbocycles. The van der Waals surface area contributed by atoms with E-state index in [1.807, 2.05) is 0 Å². The van der Waals surface area contributed by atoms with Crippen LogP contribution < -0.4 is 9.47 Å². The van der Waals surface area contributed by atoms with E-state index in [1.54, 1.807) is 6.92 Å². The number of methoxy groups -OCH3 is 1. The molecule has 96 valence electrons. The zero-order valence-electron chi connectivity index (χ0n) is 9.58. The smallest absolute Gasteiger partial charge is 0.480 e. The summed E-state index contributed by atoms with van der Waals surface area (Å²) in [5, 5.41) is 0. The molecule has 2 aromatic rings. The Morgan fingerprint density at radius 3 is 2.44 bits per heavy atom. The maximum absolute atomic E-state index is 12.1. The molecule has 2 rings (SSSR count). The molecule has 4 nitrogen and oxygen atoms in total. The molecule has 0 amide bonds. The molecule has 1 heterocycles. The van der Waals surface area contributed by atoms with Gasteiger partial charge in [-0.05, 0) is 19.1 Å². The highest BCUT2D eigenvalue weighted by atomic mass is 19.4. The average molecular weight is 258 g/mol. The minimum absolute atomic E-state index is 0.315. The van der Waals surface area contributed by atoms with E-state index in [4.69, 9.17) is 4.74 Å². The molecule has 0 aliphatic heterocycles. The van der Waals surface area contributed by atoms with Gasteiger partial charge in [-0.1, -0.05) is 0 Å². The highest BCUT2D eigenvalue weighted by molar-refractivity contribution is 5.76. The molecule has 0 N–H and O–H groups in total. The van der Waals surface area contributed by atoms with Crippen LogP contribution in [-0.4, -0.2) is 23.4 Å². The molecule has 0 radical (unpaired) electrons. The van der Waals surface area contributed by atoms with Gasteiger partial charge in [-0.2, -0.15) is 0 Å². The third-order valence-electron chi connectivity index (χ3n) is 2.19. The number of rotatable bonds is 2. The van der Waals surface area contributed by atoms with E-state index >= 15 is 0 Å². The number of fused-ring (bicyclic) bond motifs is 1. The highest BCUT2D eigenvalue weighted by Gasteiger charge is 2.31. The van der Waals surface area contributed by atoms with E-state index in [0.717, 1.165) is 0 Å². The second-order valence-electron chi connectivity index (χ2n) is 3.52. The number of nitrogens with zero attached hydrogens (tertiary/aromatic N) is 2. The summed E-state index contributed by atoms with van der Waals surface area (Å²) in [4.78, 5) is 8.21. The molecule has 0 spiro atoms. The number of aromatic nitrogens is 2. The van der Waals surface area contributed by atoms with E-state index in [1.165, 1.54) is 25.3 Å². The number of halogens is 3. The van der Waals surface area contributed by atoms with Crippen LogP contribution >= 0.6 is 0 Å². The van der Waals surface area contributed by atoms with Gasteiger partial charge in [0.15, 0.2) is 0 Å². The van der Waals surface area contributed by atoms with Crippen molar-refractivity contribution >= 4 is 11.0 Å². The lowest BCUT2D eigenvalue weighted by Gasteiger charge is -2.10. The van der Waals surface area contributed by atoms with E-state index in [0.29, 0.717) is 22.6 Å². The molecule has 0 fully saturated rings. The predicted octanol–water partition coefficient (Wildman–Crippen LogP) is 2.85. The Balaban J connectivity index is 2.46. The van der Waals surface area contributed by atoms with Gasteiger partial charge in [0, 0.05) is 6.07 Å². The number of ether oxygens (including phenoxy) is 2. The lowest BCUT2D eigenvalue weighted by atomic mass is 10.2. The van der Waals surface area contributed by atoms with Gasteiger partial charge in [0.05, 0.1) is 18.1 Å². The van der Waals surface area contributed by atoms with Crippen molar-refractivity contribution in [3.05, 3.63) is 23.9 Å². The molecular formula is C11H9F3N2O2. The second kappa shape index (κ2) is 4.32. The summed E-state index contributed by atoms with van der Waals surface area (Å²) < 4.78 is 45.0. The van der Waals surface area contributed by atoms with Crippen LogP contribution in [0.5, 0.6) is 11.6 Å². The Labute approximate surface area is 100 Å². The minimum Gasteiger partial charge on any atom is -0.480 e. The Hall–Kier alpha value is -2.05. The molecule has 0 atom stereocenters. The maximum Gasteiger partial charge on any atom is 0.573 e. The number of hydrogen-bond acceptors (Lipinski definition) is 4. The second-order valence-corrected chi connectivity index (χ2v) is 3.52. The first-order chi connectivity index (χ1) is 8.39. The lowest BCUT2D eigenvalue weighted by molar-refractivity contribution is -0.274. The third kappa shape index (κ3) is 2.61. The van der Waals surface area contributed by atoms with Gasteiger partial charge < -0.3 is 9.47 Å². The zero-order valence-corrected chi connectivity index (χ0v) is 9.58. The maximum atomic E-state index is 12.1. The zero-order chi connectivity index (χ0) is 13.3. The topological polar surface area (TPSA) is 44.2 Å². The fraction of sp³-hybridized carbons (Fsp3) is 0.273. The fourth-order valence-corrected chi connectivity index (χ4v) is 1.50. The van der Waals surface area contributed by atoms with Gasteiger partial charge in [0.1, 0.15) is 11.4 Å². The summed E-state index contributed by atoms with van der Waals surface area (Å²) >= 11 is 0. The van der Waals surface area contributed by atoms with Gasteiger partial charge in [-0.15, -0.1) is 13.2 Å². The largest absolute Gasteiger partial charge is 0.573 e. The molecular weight excluding hydrogens is 249 g/mol. The van der Waals surface area contributed by atoms with Crippen molar-refractivity contribution in [1.82, 2.24) is 9.97 Å². The number of hydrogen-bond donors (Lipinski definition) is 0. The Morgan fingerprint density at radius 2 is 1.83 bits per heavy atom. The Bertz CT molecular complexity index is 584. The quantitative estimate of drug-likeness (QED) is 0.830. The van der Waals surface area contributed by atoms with E-state index in [-0.39, 0.29) is 5.75 Å². The SMILES string of the molecule is COc1nc2ccc(OC(F)(F)F)cc2nc1C. The van der Waals surface area contributed by atoms with Crippen LogP contribution in [0.25, 0.3) is 11.0 Å². The summed E-state index contributed by atoms with van der Waals surface area (Å²) in [5.41, 5.74) is 1.25. The number of benzene rings is 1. The van der Waals surface area contributed by atoms with Crippen LogP contribution in [0, 0.1) is 6.92 Å². The molecule has 1 aromatic carbocycles. The van der Waals surface area contributed by atoms with Gasteiger partial charge in [0.25, 0.3) is 0 Å². The standard InChI is InChI=1S/C11H9F3N2O2/c1-6-10(17-2)16-8-4-3-7(5-9(8)15-6)18-11(12,13)14/h3-5H,1-2H3. The van der Waals surface area contributed by atoms with Crippen LogP contribution in [0.4, 0.5) is 13.2 Å².